The lowest BCUT2D eigenvalue weighted by molar-refractivity contribution is -0.119. The standard InChI is InChI=1S/C36H74O5Si4/c1-22-24-30(39-43(16,17)34(5,6)7)29(37)26-27-32(41-45(20,21)36(11,12)13)31(40-44(18,19)35(8,9)10)25-23-28-38-42(14,15)33(2,3)4/h22-27,30-32H,28H2,1-21H3/b24-22+,25-23+,27-26+/t30-,31-,32-/m0/s1. The Morgan fingerprint density at radius 2 is 0.911 bits per heavy atom. The molecule has 0 heterocycles. The maximum absolute atomic E-state index is 13.8. The number of hydrogen-bond acceptors (Lipinski definition) is 5. The van der Waals surface area contributed by atoms with Crippen molar-refractivity contribution in [3.8, 4) is 0 Å². The second kappa shape index (κ2) is 15.9. The van der Waals surface area contributed by atoms with Gasteiger partial charge in [0.2, 0.25) is 0 Å². The van der Waals surface area contributed by atoms with Crippen molar-refractivity contribution in [1.82, 2.24) is 0 Å². The van der Waals surface area contributed by atoms with Crippen molar-refractivity contribution in [1.29, 1.82) is 0 Å². The highest BCUT2D eigenvalue weighted by Crippen LogP contribution is 2.42. The quantitative estimate of drug-likeness (QED) is 0.0968. The molecule has 0 aliphatic heterocycles. The van der Waals surface area contributed by atoms with E-state index in [9.17, 15) is 4.79 Å². The predicted molar refractivity (Wildman–Crippen MR) is 207 cm³/mol. The fourth-order valence-corrected chi connectivity index (χ4v) is 7.90. The van der Waals surface area contributed by atoms with Gasteiger partial charge in [0, 0.05) is 0 Å². The van der Waals surface area contributed by atoms with Crippen LogP contribution in [0, 0.1) is 0 Å². The molecule has 0 N–H and O–H groups in total. The van der Waals surface area contributed by atoms with Crippen molar-refractivity contribution in [2.45, 2.75) is 181 Å². The lowest BCUT2D eigenvalue weighted by Gasteiger charge is -2.44. The summed E-state index contributed by atoms with van der Waals surface area (Å²) in [7, 11) is -8.57. The van der Waals surface area contributed by atoms with Crippen LogP contribution in [-0.4, -0.2) is 64.0 Å². The van der Waals surface area contributed by atoms with Gasteiger partial charge in [-0.25, -0.2) is 0 Å². The summed E-state index contributed by atoms with van der Waals surface area (Å²) in [5, 5.41) is 0.111. The van der Waals surface area contributed by atoms with Gasteiger partial charge in [-0.3, -0.25) is 4.79 Å². The third kappa shape index (κ3) is 13.6. The monoisotopic (exact) mass is 698 g/mol. The summed E-state index contributed by atoms with van der Waals surface area (Å²) < 4.78 is 27.3. The van der Waals surface area contributed by atoms with Crippen molar-refractivity contribution < 1.29 is 22.5 Å². The molecule has 9 heteroatoms. The number of carbonyl (C=O) groups excluding carboxylic acids is 1. The molecule has 45 heavy (non-hydrogen) atoms. The van der Waals surface area contributed by atoms with Gasteiger partial charge in [0.25, 0.3) is 0 Å². The maximum atomic E-state index is 13.8. The molecular formula is C36H74O5Si4. The number of rotatable bonds is 15. The van der Waals surface area contributed by atoms with E-state index in [0.717, 1.165) is 0 Å². The van der Waals surface area contributed by atoms with Crippen LogP contribution in [0.25, 0.3) is 0 Å². The summed E-state index contributed by atoms with van der Waals surface area (Å²) in [5.41, 5.74) is 0. The molecule has 0 aliphatic carbocycles. The van der Waals surface area contributed by atoms with E-state index in [4.69, 9.17) is 17.7 Å². The number of hydrogen-bond donors (Lipinski definition) is 0. The Kier molecular flexibility index (Phi) is 15.7. The van der Waals surface area contributed by atoms with E-state index >= 15 is 0 Å². The van der Waals surface area contributed by atoms with Crippen molar-refractivity contribution >= 4 is 39.1 Å². The summed E-state index contributed by atoms with van der Waals surface area (Å²) in [4.78, 5) is 13.8. The van der Waals surface area contributed by atoms with Gasteiger partial charge in [0.1, 0.15) is 6.10 Å². The van der Waals surface area contributed by atoms with Gasteiger partial charge in [-0.15, -0.1) is 0 Å². The molecule has 0 saturated heterocycles. The molecule has 0 aliphatic rings. The Morgan fingerprint density at radius 1 is 0.556 bits per heavy atom. The summed E-state index contributed by atoms with van der Waals surface area (Å²) in [6, 6.07) is 0. The van der Waals surface area contributed by atoms with E-state index in [1.54, 1.807) is 6.08 Å². The van der Waals surface area contributed by atoms with Crippen molar-refractivity contribution in [2.24, 2.45) is 0 Å². The molecule has 0 spiro atoms. The van der Waals surface area contributed by atoms with Crippen molar-refractivity contribution in [3.63, 3.8) is 0 Å². The average Bonchev–Trinajstić information content (AvgIpc) is 2.80. The molecule has 0 rings (SSSR count). The smallest absolute Gasteiger partial charge is 0.193 e. The first kappa shape index (κ1) is 44.6. The van der Waals surface area contributed by atoms with Gasteiger partial charge >= 0.3 is 0 Å². The van der Waals surface area contributed by atoms with Gasteiger partial charge in [-0.2, -0.15) is 0 Å². The van der Waals surface area contributed by atoms with Crippen LogP contribution in [0.2, 0.25) is 72.5 Å². The molecule has 0 aromatic rings. The second-order valence-corrected chi connectivity index (χ2v) is 37.8. The molecule has 0 bridgehead atoms. The Morgan fingerprint density at radius 3 is 1.27 bits per heavy atom. The molecule has 0 aromatic carbocycles. The summed E-state index contributed by atoms with van der Waals surface area (Å²) in [5.74, 6) is -0.0712. The van der Waals surface area contributed by atoms with Gasteiger partial charge in [-0.05, 0) is 85.5 Å². The van der Waals surface area contributed by atoms with E-state index in [1.165, 1.54) is 0 Å². The molecule has 0 unspecified atom stereocenters. The summed E-state index contributed by atoms with van der Waals surface area (Å²) in [6.45, 7) is 47.3. The first-order valence-corrected chi connectivity index (χ1v) is 28.5. The molecule has 0 fully saturated rings. The first-order valence-electron chi connectivity index (χ1n) is 16.9. The topological polar surface area (TPSA) is 54.0 Å². The van der Waals surface area contributed by atoms with E-state index in [1.807, 2.05) is 25.2 Å². The summed E-state index contributed by atoms with van der Waals surface area (Å²) >= 11 is 0. The highest BCUT2D eigenvalue weighted by Gasteiger charge is 2.44. The van der Waals surface area contributed by atoms with Crippen LogP contribution in [0.4, 0.5) is 0 Å². The molecule has 0 radical (unpaired) electrons. The van der Waals surface area contributed by atoms with Crippen LogP contribution >= 0.6 is 0 Å². The molecule has 5 nitrogen and oxygen atoms in total. The fourth-order valence-electron chi connectivity index (χ4n) is 3.27. The minimum Gasteiger partial charge on any atom is -0.413 e. The normalized spacial score (nSPS) is 17.4. The van der Waals surface area contributed by atoms with E-state index in [-0.39, 0.29) is 32.0 Å². The zero-order chi connectivity index (χ0) is 36.1. The van der Waals surface area contributed by atoms with Gasteiger partial charge < -0.3 is 17.7 Å². The zero-order valence-corrected chi connectivity index (χ0v) is 37.4. The Hall–Kier alpha value is -0.402. The van der Waals surface area contributed by atoms with Crippen LogP contribution in [-0.2, 0) is 22.5 Å². The van der Waals surface area contributed by atoms with Gasteiger partial charge in [0.05, 0.1) is 18.8 Å². The molecule has 0 saturated carbocycles. The SMILES string of the molecule is C/C=C/[C@H](O[Si](C)(C)C(C)(C)C)C(=O)/C=C/[C@H](O[Si](C)(C)C(C)(C)C)[C@H](/C=C/CO[Si](C)(C)C(C)(C)C)O[Si](C)(C)C(C)(C)C. The predicted octanol–water partition coefficient (Wildman–Crippen LogP) is 11.4. The third-order valence-corrected chi connectivity index (χ3v) is 28.7. The van der Waals surface area contributed by atoms with E-state index in [0.29, 0.717) is 6.61 Å². The molecule has 264 valence electrons. The Labute approximate surface area is 284 Å². The van der Waals surface area contributed by atoms with Gasteiger partial charge in [0.15, 0.2) is 39.1 Å². The van der Waals surface area contributed by atoms with Crippen molar-refractivity contribution in [2.75, 3.05) is 6.61 Å². The molecule has 3 atom stereocenters. The lowest BCUT2D eigenvalue weighted by atomic mass is 10.1. The molecular weight excluding hydrogens is 625 g/mol. The van der Waals surface area contributed by atoms with Crippen LogP contribution < -0.4 is 0 Å². The Balaban J connectivity index is 6.87. The van der Waals surface area contributed by atoms with Gasteiger partial charge in [-0.1, -0.05) is 113 Å². The van der Waals surface area contributed by atoms with Crippen LogP contribution in [0.5, 0.6) is 0 Å². The fraction of sp³-hybridized carbons (Fsp3) is 0.806. The minimum atomic E-state index is -2.26. The van der Waals surface area contributed by atoms with Crippen molar-refractivity contribution in [3.05, 3.63) is 36.5 Å². The van der Waals surface area contributed by atoms with E-state index < -0.39 is 45.5 Å². The summed E-state index contributed by atoms with van der Waals surface area (Å²) in [6.07, 6.45) is 10.2. The Bertz CT molecular complexity index is 1030. The second-order valence-electron chi connectivity index (χ2n) is 18.8. The number of allylic oxidation sites excluding steroid dienone is 1. The van der Waals surface area contributed by atoms with Crippen LogP contribution in [0.3, 0.4) is 0 Å². The molecule has 0 amide bonds. The average molecular weight is 699 g/mol. The largest absolute Gasteiger partial charge is 0.413 e. The number of ketones is 1. The lowest BCUT2D eigenvalue weighted by Crippen LogP contribution is -2.51. The third-order valence-electron chi connectivity index (χ3n) is 10.8. The first-order chi connectivity index (χ1) is 19.7. The van der Waals surface area contributed by atoms with E-state index in [2.05, 4.69) is 148 Å². The van der Waals surface area contributed by atoms with Crippen LogP contribution in [0.1, 0.15) is 90.0 Å². The number of carbonyl (C=O) groups is 1. The molecule has 0 aromatic heterocycles. The zero-order valence-electron chi connectivity index (χ0n) is 33.4. The highest BCUT2D eigenvalue weighted by atomic mass is 28.4. The highest BCUT2D eigenvalue weighted by molar-refractivity contribution is 6.75. The maximum Gasteiger partial charge on any atom is 0.193 e. The minimum absolute atomic E-state index is 0.00576. The van der Waals surface area contributed by atoms with Crippen LogP contribution in [0.15, 0.2) is 36.5 Å².